The second-order valence-electron chi connectivity index (χ2n) is 15.3. The van der Waals surface area contributed by atoms with Crippen molar-refractivity contribution in [2.45, 2.75) is 148 Å². The van der Waals surface area contributed by atoms with Gasteiger partial charge >= 0.3 is 11.9 Å². The monoisotopic (exact) mass is 830 g/mol. The zero-order chi connectivity index (χ0) is 42.8. The lowest BCUT2D eigenvalue weighted by atomic mass is 10.1. The Morgan fingerprint density at radius 1 is 0.552 bits per heavy atom. The van der Waals surface area contributed by atoms with E-state index in [0.717, 1.165) is 77.0 Å². The van der Waals surface area contributed by atoms with Crippen LogP contribution in [0.4, 0.5) is 0 Å². The Labute approximate surface area is 353 Å². The Hall–Kier alpha value is -3.07. The molecule has 0 fully saturated rings. The van der Waals surface area contributed by atoms with E-state index in [0.29, 0.717) is 23.9 Å². The van der Waals surface area contributed by atoms with Crippen LogP contribution >= 0.6 is 7.82 Å². The summed E-state index contributed by atoms with van der Waals surface area (Å²) in [5, 5.41) is 0. The molecule has 1 unspecified atom stereocenters. The third kappa shape index (κ3) is 42.5. The van der Waals surface area contributed by atoms with Crippen molar-refractivity contribution in [2.24, 2.45) is 0 Å². The highest BCUT2D eigenvalue weighted by atomic mass is 31.2. The van der Waals surface area contributed by atoms with Gasteiger partial charge in [0.2, 0.25) is 0 Å². The van der Waals surface area contributed by atoms with Crippen LogP contribution in [0, 0.1) is 0 Å². The highest BCUT2D eigenvalue weighted by Crippen LogP contribution is 2.38. The summed E-state index contributed by atoms with van der Waals surface area (Å²) >= 11 is 0. The summed E-state index contributed by atoms with van der Waals surface area (Å²) in [7, 11) is 1.10. The van der Waals surface area contributed by atoms with Gasteiger partial charge in [0.05, 0.1) is 27.7 Å². The minimum absolute atomic E-state index is 0.0511. The van der Waals surface area contributed by atoms with Crippen LogP contribution < -0.4 is 4.89 Å². The molecule has 9 nitrogen and oxygen atoms in total. The molecule has 2 atom stereocenters. The van der Waals surface area contributed by atoms with Gasteiger partial charge in [-0.2, -0.15) is 0 Å². The Morgan fingerprint density at radius 3 is 1.53 bits per heavy atom. The first-order chi connectivity index (χ1) is 28.0. The highest BCUT2D eigenvalue weighted by Gasteiger charge is 2.21. The lowest BCUT2D eigenvalue weighted by Crippen LogP contribution is -2.37. The van der Waals surface area contributed by atoms with Gasteiger partial charge in [0, 0.05) is 12.8 Å². The lowest BCUT2D eigenvalue weighted by Gasteiger charge is -2.28. The van der Waals surface area contributed by atoms with E-state index >= 15 is 0 Å². The first kappa shape index (κ1) is 54.9. The molecule has 0 aromatic heterocycles. The van der Waals surface area contributed by atoms with Crippen molar-refractivity contribution in [3.05, 3.63) is 97.2 Å². The number of likely N-dealkylation sites (N-methyl/N-ethyl adjacent to an activating group) is 1. The maximum absolute atomic E-state index is 12.7. The van der Waals surface area contributed by atoms with E-state index in [-0.39, 0.29) is 26.1 Å². The highest BCUT2D eigenvalue weighted by molar-refractivity contribution is 7.45. The molecule has 58 heavy (non-hydrogen) atoms. The molecule has 0 heterocycles. The quantitative estimate of drug-likeness (QED) is 0.0199. The third-order valence-electron chi connectivity index (χ3n) is 8.60. The summed E-state index contributed by atoms with van der Waals surface area (Å²) in [5.41, 5.74) is 0. The van der Waals surface area contributed by atoms with Crippen LogP contribution in [0.1, 0.15) is 142 Å². The van der Waals surface area contributed by atoms with Gasteiger partial charge in [0.15, 0.2) is 6.10 Å². The molecule has 330 valence electrons. The van der Waals surface area contributed by atoms with Crippen molar-refractivity contribution < 1.29 is 42.1 Å². The van der Waals surface area contributed by atoms with Crippen LogP contribution in [0.5, 0.6) is 0 Å². The minimum Gasteiger partial charge on any atom is -0.756 e. The van der Waals surface area contributed by atoms with Gasteiger partial charge in [-0.25, -0.2) is 0 Å². The molecule has 0 aromatic rings. The van der Waals surface area contributed by atoms with Crippen LogP contribution in [0.3, 0.4) is 0 Å². The maximum Gasteiger partial charge on any atom is 0.306 e. The number of carbonyl (C=O) groups excluding carboxylic acids is 2. The van der Waals surface area contributed by atoms with Crippen molar-refractivity contribution in [2.75, 3.05) is 47.5 Å². The number of unbranched alkanes of at least 4 members (excludes halogenated alkanes) is 8. The van der Waals surface area contributed by atoms with Crippen molar-refractivity contribution in [3.63, 3.8) is 0 Å². The largest absolute Gasteiger partial charge is 0.756 e. The van der Waals surface area contributed by atoms with Gasteiger partial charge in [-0.05, 0) is 83.5 Å². The van der Waals surface area contributed by atoms with Crippen molar-refractivity contribution >= 4 is 19.8 Å². The summed E-state index contributed by atoms with van der Waals surface area (Å²) in [6.07, 6.45) is 51.6. The smallest absolute Gasteiger partial charge is 0.306 e. The standard InChI is InChI=1S/C48H80NO8P/c1-6-8-10-12-14-16-18-20-22-23-24-25-27-28-30-32-34-36-38-40-47(50)54-44-46(45-56-58(52,53)55-43-42-49(3,4)5)57-48(51)41-39-37-35-33-31-29-26-21-19-17-15-13-11-9-7-2/h9,11,14-17,20-22,24-26,28,30,34,36,46H,6-8,10,12-13,18-19,23,27,29,31-33,35,37-45H2,1-5H3/b11-9+,16-14+,17-15+,22-20+,25-24+,26-21+,30-28+,36-34+/t46-/m1/s1. The van der Waals surface area contributed by atoms with E-state index in [2.05, 4.69) is 98.9 Å². The number of phosphoric ester groups is 1. The van der Waals surface area contributed by atoms with Crippen molar-refractivity contribution in [1.82, 2.24) is 0 Å². The number of hydrogen-bond acceptors (Lipinski definition) is 8. The average Bonchev–Trinajstić information content (AvgIpc) is 3.17. The predicted molar refractivity (Wildman–Crippen MR) is 240 cm³/mol. The van der Waals surface area contributed by atoms with Crippen molar-refractivity contribution in [1.29, 1.82) is 0 Å². The molecule has 0 radical (unpaired) electrons. The SMILES string of the molecule is CC/C=C/C/C=C/C/C=C/CCCCCCCC(=O)O[C@H](COC(=O)CC/C=C/C/C=C/C/C=C/C/C=C/C/C=C/CCCCC)COP(=O)([O-])OCC[N+](C)(C)C. The van der Waals surface area contributed by atoms with Gasteiger partial charge in [-0.3, -0.25) is 14.2 Å². The number of allylic oxidation sites excluding steroid dienone is 16. The van der Waals surface area contributed by atoms with E-state index in [1.807, 2.05) is 33.3 Å². The van der Waals surface area contributed by atoms with Gasteiger partial charge in [-0.1, -0.05) is 143 Å². The van der Waals surface area contributed by atoms with Gasteiger partial charge in [0.25, 0.3) is 7.82 Å². The fourth-order valence-electron chi connectivity index (χ4n) is 5.18. The number of rotatable bonds is 38. The van der Waals surface area contributed by atoms with Gasteiger partial charge in [0.1, 0.15) is 19.8 Å². The van der Waals surface area contributed by atoms with E-state index in [1.165, 1.54) is 25.7 Å². The zero-order valence-corrected chi connectivity index (χ0v) is 37.8. The summed E-state index contributed by atoms with van der Waals surface area (Å²) in [4.78, 5) is 37.5. The van der Waals surface area contributed by atoms with Crippen LogP contribution in [0.25, 0.3) is 0 Å². The molecule has 0 amide bonds. The molecular formula is C48H80NO8P. The Morgan fingerprint density at radius 2 is 1.02 bits per heavy atom. The molecule has 0 aliphatic carbocycles. The van der Waals surface area contributed by atoms with Gasteiger partial charge < -0.3 is 27.9 Å². The number of nitrogens with zero attached hydrogens (tertiary/aromatic N) is 1. The molecule has 0 aliphatic heterocycles. The summed E-state index contributed by atoms with van der Waals surface area (Å²) in [6.45, 7) is 3.95. The molecule has 10 heteroatoms. The maximum atomic E-state index is 12.7. The molecule has 0 spiro atoms. The number of carbonyl (C=O) groups is 2. The van der Waals surface area contributed by atoms with E-state index in [1.54, 1.807) is 0 Å². The Bertz CT molecular complexity index is 1300. The molecule has 0 aliphatic rings. The van der Waals surface area contributed by atoms with Gasteiger partial charge in [-0.15, -0.1) is 0 Å². The summed E-state index contributed by atoms with van der Waals surface area (Å²) in [5.74, 6) is -0.962. The van der Waals surface area contributed by atoms with E-state index < -0.39 is 32.5 Å². The zero-order valence-electron chi connectivity index (χ0n) is 36.9. The second kappa shape index (κ2) is 39.4. The number of hydrogen-bond donors (Lipinski definition) is 0. The Balaban J connectivity index is 4.53. The number of esters is 2. The normalized spacial score (nSPS) is 14.5. The van der Waals surface area contributed by atoms with E-state index in [9.17, 15) is 19.0 Å². The number of phosphoric acid groups is 1. The summed E-state index contributed by atoms with van der Waals surface area (Å²) in [6, 6.07) is 0. The fourth-order valence-corrected chi connectivity index (χ4v) is 5.91. The van der Waals surface area contributed by atoms with Crippen molar-refractivity contribution in [3.8, 4) is 0 Å². The van der Waals surface area contributed by atoms with Crippen LogP contribution in [0.2, 0.25) is 0 Å². The van der Waals surface area contributed by atoms with Crippen LogP contribution in [-0.2, 0) is 32.7 Å². The third-order valence-corrected chi connectivity index (χ3v) is 9.57. The number of ether oxygens (including phenoxy) is 2. The summed E-state index contributed by atoms with van der Waals surface area (Å²) < 4.78 is 33.8. The minimum atomic E-state index is -4.65. The fraction of sp³-hybridized carbons (Fsp3) is 0.625. The lowest BCUT2D eigenvalue weighted by molar-refractivity contribution is -0.870. The second-order valence-corrected chi connectivity index (χ2v) is 16.7. The predicted octanol–water partition coefficient (Wildman–Crippen LogP) is 11.9. The van der Waals surface area contributed by atoms with Crippen LogP contribution in [0.15, 0.2) is 97.2 Å². The Kier molecular flexibility index (Phi) is 37.3. The van der Waals surface area contributed by atoms with Crippen LogP contribution in [-0.4, -0.2) is 70.0 Å². The first-order valence-corrected chi connectivity index (χ1v) is 23.4. The molecule has 0 rings (SSSR count). The topological polar surface area (TPSA) is 111 Å². The molecule has 0 bridgehead atoms. The molecule has 0 saturated carbocycles. The molecule has 0 saturated heterocycles. The molecule has 0 aromatic carbocycles. The first-order valence-electron chi connectivity index (χ1n) is 21.9. The average molecular weight is 830 g/mol. The molecular weight excluding hydrogens is 750 g/mol. The van der Waals surface area contributed by atoms with E-state index in [4.69, 9.17) is 18.5 Å². The number of quaternary nitrogens is 1. The molecule has 0 N–H and O–H groups in total.